The van der Waals surface area contributed by atoms with Crippen LogP contribution in [0, 0.1) is 6.92 Å². The number of carbonyl (C=O) groups excluding carboxylic acids is 1. The zero-order chi connectivity index (χ0) is 12.3. The third-order valence-electron chi connectivity index (χ3n) is 1.87. The number of hydrogen-bond donors (Lipinski definition) is 2. The Morgan fingerprint density at radius 2 is 2.31 bits per heavy atom. The molecule has 0 aromatic carbocycles. The van der Waals surface area contributed by atoms with Gasteiger partial charge in [-0.05, 0) is 17.9 Å². The van der Waals surface area contributed by atoms with Gasteiger partial charge in [-0.1, -0.05) is 11.6 Å². The molecule has 2 N–H and O–H groups in total. The van der Waals surface area contributed by atoms with Crippen molar-refractivity contribution >= 4 is 28.8 Å². The first kappa shape index (κ1) is 13.3. The lowest BCUT2D eigenvalue weighted by molar-refractivity contribution is -0.00268. The molecule has 0 aliphatic rings. The van der Waals surface area contributed by atoms with E-state index < -0.39 is 25.0 Å². The molecule has 1 heterocycles. The van der Waals surface area contributed by atoms with Gasteiger partial charge in [0.05, 0.1) is 5.02 Å². The van der Waals surface area contributed by atoms with Crippen molar-refractivity contribution in [2.24, 2.45) is 0 Å². The van der Waals surface area contributed by atoms with Crippen LogP contribution in [0.15, 0.2) is 5.38 Å². The highest BCUT2D eigenvalue weighted by atomic mass is 35.5. The maximum atomic E-state index is 11.9. The zero-order valence-corrected chi connectivity index (χ0v) is 9.91. The summed E-state index contributed by atoms with van der Waals surface area (Å²) < 4.78 is 23.9. The van der Waals surface area contributed by atoms with Crippen molar-refractivity contribution in [2.75, 3.05) is 6.54 Å². The number of thiophene rings is 1. The molecule has 1 aromatic heterocycles. The molecule has 1 unspecified atom stereocenters. The SMILES string of the molecule is Cc1csc(C(=O)NCC(O)C(F)F)c1Cl. The largest absolute Gasteiger partial charge is 0.385 e. The number of aliphatic hydroxyl groups excluding tert-OH is 1. The molecule has 0 radical (unpaired) electrons. The summed E-state index contributed by atoms with van der Waals surface area (Å²) in [6.45, 7) is 1.24. The molecule has 0 saturated heterocycles. The van der Waals surface area contributed by atoms with Crippen LogP contribution in [0.4, 0.5) is 8.78 Å². The van der Waals surface area contributed by atoms with Crippen LogP contribution in [-0.4, -0.2) is 30.1 Å². The molecule has 7 heteroatoms. The summed E-state index contributed by atoms with van der Waals surface area (Å²) in [5.41, 5.74) is 0.756. The Morgan fingerprint density at radius 1 is 1.69 bits per heavy atom. The van der Waals surface area contributed by atoms with Crippen LogP contribution in [0.3, 0.4) is 0 Å². The number of rotatable bonds is 4. The molecular weight excluding hydrogens is 260 g/mol. The number of nitrogens with one attached hydrogen (secondary N) is 1. The van der Waals surface area contributed by atoms with E-state index in [1.807, 2.05) is 0 Å². The Bertz CT molecular complexity index is 384. The lowest BCUT2D eigenvalue weighted by Gasteiger charge is -2.09. The van der Waals surface area contributed by atoms with E-state index in [-0.39, 0.29) is 4.88 Å². The number of hydrogen-bond acceptors (Lipinski definition) is 3. The standard InChI is InChI=1S/C9H10ClF2NO2S/c1-4-3-16-7(6(4)10)9(15)13-2-5(14)8(11)12/h3,5,8,14H,2H2,1H3,(H,13,15). The van der Waals surface area contributed by atoms with Crippen molar-refractivity contribution in [1.82, 2.24) is 5.32 Å². The van der Waals surface area contributed by atoms with Crippen molar-refractivity contribution < 1.29 is 18.7 Å². The van der Waals surface area contributed by atoms with Gasteiger partial charge in [-0.3, -0.25) is 4.79 Å². The van der Waals surface area contributed by atoms with Crippen LogP contribution in [0.1, 0.15) is 15.2 Å². The zero-order valence-electron chi connectivity index (χ0n) is 8.34. The summed E-state index contributed by atoms with van der Waals surface area (Å²) in [6.07, 6.45) is -4.73. The average molecular weight is 270 g/mol. The van der Waals surface area contributed by atoms with Crippen molar-refractivity contribution in [3.63, 3.8) is 0 Å². The van der Waals surface area contributed by atoms with E-state index in [1.165, 1.54) is 0 Å². The van der Waals surface area contributed by atoms with Crippen molar-refractivity contribution in [3.05, 3.63) is 20.8 Å². The summed E-state index contributed by atoms with van der Waals surface area (Å²) in [7, 11) is 0. The van der Waals surface area contributed by atoms with E-state index in [9.17, 15) is 13.6 Å². The molecule has 0 fully saturated rings. The second-order valence-electron chi connectivity index (χ2n) is 3.17. The van der Waals surface area contributed by atoms with Crippen LogP contribution < -0.4 is 5.32 Å². The van der Waals surface area contributed by atoms with E-state index >= 15 is 0 Å². The quantitative estimate of drug-likeness (QED) is 0.879. The molecule has 3 nitrogen and oxygen atoms in total. The molecule has 0 bridgehead atoms. The third kappa shape index (κ3) is 3.13. The first-order chi connectivity index (χ1) is 7.43. The topological polar surface area (TPSA) is 49.3 Å². The second kappa shape index (κ2) is 5.56. The minimum atomic E-state index is -2.87. The number of carbonyl (C=O) groups is 1. The van der Waals surface area contributed by atoms with E-state index in [0.29, 0.717) is 5.02 Å². The van der Waals surface area contributed by atoms with Gasteiger partial charge in [-0.15, -0.1) is 11.3 Å². The van der Waals surface area contributed by atoms with Gasteiger partial charge in [0.25, 0.3) is 12.3 Å². The Morgan fingerprint density at radius 3 is 2.75 bits per heavy atom. The highest BCUT2D eigenvalue weighted by Gasteiger charge is 2.19. The molecule has 90 valence electrons. The average Bonchev–Trinajstić information content (AvgIpc) is 2.55. The van der Waals surface area contributed by atoms with E-state index in [1.54, 1.807) is 12.3 Å². The summed E-state index contributed by atoms with van der Waals surface area (Å²) >= 11 is 6.95. The minimum Gasteiger partial charge on any atom is -0.385 e. The Labute approximate surface area is 100 Å². The van der Waals surface area contributed by atoms with Gasteiger partial charge in [0.2, 0.25) is 0 Å². The fourth-order valence-corrected chi connectivity index (χ4v) is 2.14. The summed E-state index contributed by atoms with van der Waals surface area (Å²) in [6, 6.07) is 0. The first-order valence-electron chi connectivity index (χ1n) is 4.41. The van der Waals surface area contributed by atoms with Crippen LogP contribution in [0.5, 0.6) is 0 Å². The maximum Gasteiger partial charge on any atom is 0.265 e. The third-order valence-corrected chi connectivity index (χ3v) is 3.56. The van der Waals surface area contributed by atoms with Crippen LogP contribution in [-0.2, 0) is 0 Å². The molecule has 1 amide bonds. The van der Waals surface area contributed by atoms with Crippen molar-refractivity contribution in [1.29, 1.82) is 0 Å². The number of halogens is 3. The summed E-state index contributed by atoms with van der Waals surface area (Å²) in [5.74, 6) is -0.553. The first-order valence-corrected chi connectivity index (χ1v) is 5.67. The molecule has 1 aromatic rings. The maximum absolute atomic E-state index is 11.9. The van der Waals surface area contributed by atoms with Crippen molar-refractivity contribution in [3.8, 4) is 0 Å². The fourth-order valence-electron chi connectivity index (χ4n) is 0.950. The van der Waals surface area contributed by atoms with E-state index in [4.69, 9.17) is 16.7 Å². The van der Waals surface area contributed by atoms with Gasteiger partial charge < -0.3 is 10.4 Å². The monoisotopic (exact) mass is 269 g/mol. The van der Waals surface area contributed by atoms with Gasteiger partial charge in [0, 0.05) is 6.54 Å². The Kier molecular flexibility index (Phi) is 4.64. The van der Waals surface area contributed by atoms with Crippen molar-refractivity contribution in [2.45, 2.75) is 19.5 Å². The Balaban J connectivity index is 2.57. The molecule has 0 spiro atoms. The smallest absolute Gasteiger partial charge is 0.265 e. The minimum absolute atomic E-state index is 0.264. The normalized spacial score (nSPS) is 12.9. The molecule has 0 saturated carbocycles. The number of alkyl halides is 2. The highest BCUT2D eigenvalue weighted by molar-refractivity contribution is 7.13. The molecule has 0 aliphatic carbocycles. The number of amides is 1. The fraction of sp³-hybridized carbons (Fsp3) is 0.444. The van der Waals surface area contributed by atoms with Crippen LogP contribution in [0.25, 0.3) is 0 Å². The molecule has 1 rings (SSSR count). The van der Waals surface area contributed by atoms with E-state index in [0.717, 1.165) is 16.9 Å². The summed E-state index contributed by atoms with van der Waals surface area (Å²) in [5, 5.41) is 13.0. The Hall–Kier alpha value is -0.720. The predicted molar refractivity (Wildman–Crippen MR) is 58.4 cm³/mol. The highest BCUT2D eigenvalue weighted by Crippen LogP contribution is 2.26. The molecule has 0 aliphatic heterocycles. The lowest BCUT2D eigenvalue weighted by atomic mass is 10.3. The lowest BCUT2D eigenvalue weighted by Crippen LogP contribution is -2.35. The van der Waals surface area contributed by atoms with E-state index in [2.05, 4.69) is 5.32 Å². The molecule has 16 heavy (non-hydrogen) atoms. The van der Waals surface area contributed by atoms with Crippen LogP contribution >= 0.6 is 22.9 Å². The van der Waals surface area contributed by atoms with Gasteiger partial charge in [-0.25, -0.2) is 8.78 Å². The van der Waals surface area contributed by atoms with Gasteiger partial charge in [0.1, 0.15) is 11.0 Å². The second-order valence-corrected chi connectivity index (χ2v) is 4.43. The van der Waals surface area contributed by atoms with Gasteiger partial charge in [0.15, 0.2) is 0 Å². The van der Waals surface area contributed by atoms with Gasteiger partial charge >= 0.3 is 0 Å². The number of aliphatic hydroxyl groups is 1. The summed E-state index contributed by atoms with van der Waals surface area (Å²) in [4.78, 5) is 11.7. The molecular formula is C9H10ClF2NO2S. The van der Waals surface area contributed by atoms with Gasteiger partial charge in [-0.2, -0.15) is 0 Å². The van der Waals surface area contributed by atoms with Crippen LogP contribution in [0.2, 0.25) is 5.02 Å². The molecule has 1 atom stereocenters. The number of aryl methyl sites for hydroxylation is 1. The predicted octanol–water partition coefficient (Wildman–Crippen LogP) is 2.07.